The first-order chi connectivity index (χ1) is 16.5. The van der Waals surface area contributed by atoms with Crippen molar-refractivity contribution in [1.82, 2.24) is 14.8 Å². The molecule has 0 saturated heterocycles. The van der Waals surface area contributed by atoms with Gasteiger partial charge in [-0.2, -0.15) is 0 Å². The van der Waals surface area contributed by atoms with Gasteiger partial charge in [-0.3, -0.25) is 14.2 Å². The molecule has 4 aromatic rings. The number of rotatable bonds is 8. The Balaban J connectivity index is 1.54. The summed E-state index contributed by atoms with van der Waals surface area (Å²) >= 11 is 1.33. The van der Waals surface area contributed by atoms with Gasteiger partial charge in [0.05, 0.1) is 18.0 Å². The van der Waals surface area contributed by atoms with E-state index in [1.807, 2.05) is 96.4 Å². The number of para-hydroxylation sites is 1. The van der Waals surface area contributed by atoms with E-state index in [4.69, 9.17) is 0 Å². The summed E-state index contributed by atoms with van der Waals surface area (Å²) in [5.74, 6) is 0.723. The number of hydrogen-bond acceptors (Lipinski definition) is 5. The highest BCUT2D eigenvalue weighted by Crippen LogP contribution is 2.25. The van der Waals surface area contributed by atoms with Gasteiger partial charge in [-0.15, -0.1) is 10.2 Å². The minimum atomic E-state index is -0.141. The molecular weight excluding hydrogens is 446 g/mol. The summed E-state index contributed by atoms with van der Waals surface area (Å²) in [6.07, 6.45) is 0. The van der Waals surface area contributed by atoms with Crippen molar-refractivity contribution in [2.45, 2.75) is 25.5 Å². The van der Waals surface area contributed by atoms with Crippen LogP contribution in [0.3, 0.4) is 0 Å². The third-order valence-corrected chi connectivity index (χ3v) is 6.01. The first kappa shape index (κ1) is 23.3. The van der Waals surface area contributed by atoms with Crippen LogP contribution in [-0.2, 0) is 16.1 Å². The fourth-order valence-electron chi connectivity index (χ4n) is 3.56. The number of benzene rings is 3. The van der Waals surface area contributed by atoms with Crippen molar-refractivity contribution in [1.29, 1.82) is 0 Å². The van der Waals surface area contributed by atoms with E-state index < -0.39 is 0 Å². The van der Waals surface area contributed by atoms with Gasteiger partial charge in [-0.05, 0) is 42.8 Å². The lowest BCUT2D eigenvalue weighted by atomic mass is 10.2. The van der Waals surface area contributed by atoms with Crippen molar-refractivity contribution in [3.63, 3.8) is 0 Å². The number of carbonyl (C=O) groups is 2. The Labute approximate surface area is 202 Å². The zero-order valence-electron chi connectivity index (χ0n) is 19.0. The molecule has 0 radical (unpaired) electrons. The number of aryl methyl sites for hydroxylation is 1. The summed E-state index contributed by atoms with van der Waals surface area (Å²) < 4.78 is 1.88. The normalized spacial score (nSPS) is 10.6. The lowest BCUT2D eigenvalue weighted by molar-refractivity contribution is -0.116. The summed E-state index contributed by atoms with van der Waals surface area (Å²) in [6, 6.07) is 27.0. The maximum Gasteiger partial charge on any atom is 0.237 e. The summed E-state index contributed by atoms with van der Waals surface area (Å²) in [7, 11) is 0. The van der Waals surface area contributed by atoms with Gasteiger partial charge in [0.2, 0.25) is 11.8 Å². The van der Waals surface area contributed by atoms with E-state index in [1.54, 1.807) is 4.90 Å². The molecule has 0 aliphatic heterocycles. The van der Waals surface area contributed by atoms with E-state index in [9.17, 15) is 9.59 Å². The number of anilines is 2. The number of nitrogens with zero attached hydrogens (tertiary/aromatic N) is 4. The van der Waals surface area contributed by atoms with Gasteiger partial charge >= 0.3 is 0 Å². The Morgan fingerprint density at radius 2 is 1.65 bits per heavy atom. The van der Waals surface area contributed by atoms with E-state index in [-0.39, 0.29) is 17.6 Å². The lowest BCUT2D eigenvalue weighted by Gasteiger charge is -2.23. The largest absolute Gasteiger partial charge is 0.326 e. The van der Waals surface area contributed by atoms with Gasteiger partial charge in [-0.1, -0.05) is 66.4 Å². The summed E-state index contributed by atoms with van der Waals surface area (Å²) in [4.78, 5) is 26.6. The molecule has 1 aromatic heterocycles. The van der Waals surface area contributed by atoms with Crippen LogP contribution in [0.1, 0.15) is 18.3 Å². The number of carbonyl (C=O) groups excluding carboxylic acids is 2. The van der Waals surface area contributed by atoms with Gasteiger partial charge in [0.15, 0.2) is 5.16 Å². The molecule has 2 amide bonds. The average molecular weight is 472 g/mol. The molecular formula is C26H25N5O2S. The summed E-state index contributed by atoms with van der Waals surface area (Å²) in [5, 5.41) is 11.9. The molecule has 172 valence electrons. The van der Waals surface area contributed by atoms with Gasteiger partial charge in [-0.25, -0.2) is 0 Å². The average Bonchev–Trinajstić information content (AvgIpc) is 3.22. The summed E-state index contributed by atoms with van der Waals surface area (Å²) in [6.45, 7) is 3.81. The molecule has 0 saturated carbocycles. The van der Waals surface area contributed by atoms with Gasteiger partial charge in [0.25, 0.3) is 0 Å². The first-order valence-corrected chi connectivity index (χ1v) is 11.8. The quantitative estimate of drug-likeness (QED) is 0.371. The van der Waals surface area contributed by atoms with E-state index in [0.717, 1.165) is 16.9 Å². The van der Waals surface area contributed by atoms with E-state index in [2.05, 4.69) is 15.5 Å². The van der Waals surface area contributed by atoms with Gasteiger partial charge < -0.3 is 10.2 Å². The Morgan fingerprint density at radius 1 is 0.941 bits per heavy atom. The summed E-state index contributed by atoms with van der Waals surface area (Å²) in [5.41, 5.74) is 3.40. The van der Waals surface area contributed by atoms with Crippen molar-refractivity contribution in [2.75, 3.05) is 16.0 Å². The smallest absolute Gasteiger partial charge is 0.237 e. The monoisotopic (exact) mass is 471 g/mol. The zero-order valence-corrected chi connectivity index (χ0v) is 19.8. The molecule has 3 aromatic carbocycles. The van der Waals surface area contributed by atoms with Crippen LogP contribution in [0.2, 0.25) is 0 Å². The molecule has 4 rings (SSSR count). The Bertz CT molecular complexity index is 1270. The maximum absolute atomic E-state index is 13.4. The van der Waals surface area contributed by atoms with Crippen LogP contribution < -0.4 is 10.2 Å². The minimum absolute atomic E-state index is 0.0285. The van der Waals surface area contributed by atoms with Gasteiger partial charge in [0.1, 0.15) is 5.82 Å². The topological polar surface area (TPSA) is 80.1 Å². The fourth-order valence-corrected chi connectivity index (χ4v) is 4.43. The fraction of sp³-hybridized carbons (Fsp3) is 0.154. The predicted octanol–water partition coefficient (Wildman–Crippen LogP) is 4.86. The second kappa shape index (κ2) is 10.8. The van der Waals surface area contributed by atoms with Crippen molar-refractivity contribution in [3.8, 4) is 5.69 Å². The molecule has 0 atom stereocenters. The molecule has 8 heteroatoms. The highest BCUT2D eigenvalue weighted by molar-refractivity contribution is 7.99. The highest BCUT2D eigenvalue weighted by Gasteiger charge is 2.19. The van der Waals surface area contributed by atoms with Crippen molar-refractivity contribution < 1.29 is 9.59 Å². The van der Waals surface area contributed by atoms with Crippen LogP contribution in [0.25, 0.3) is 5.69 Å². The Hall–Kier alpha value is -3.91. The standard InChI is InChI=1S/C26H25N5O2S/c1-19-28-29-26(31(19)24-15-9-12-22(16-24)27-20(2)32)34-18-25(33)30(23-13-7-4-8-14-23)17-21-10-5-3-6-11-21/h3-16H,17-18H2,1-2H3,(H,27,32). The van der Waals surface area contributed by atoms with Crippen LogP contribution in [0.15, 0.2) is 90.1 Å². The number of aromatic nitrogens is 3. The van der Waals surface area contributed by atoms with Gasteiger partial charge in [0, 0.05) is 18.3 Å². The SMILES string of the molecule is CC(=O)Nc1cccc(-n2c(C)nnc2SCC(=O)N(Cc2ccccc2)c2ccccc2)c1. The number of hydrogen-bond donors (Lipinski definition) is 1. The van der Waals surface area contributed by atoms with E-state index >= 15 is 0 Å². The molecule has 0 aliphatic rings. The maximum atomic E-state index is 13.4. The minimum Gasteiger partial charge on any atom is -0.326 e. The molecule has 0 bridgehead atoms. The van der Waals surface area contributed by atoms with Crippen LogP contribution >= 0.6 is 11.8 Å². The first-order valence-electron chi connectivity index (χ1n) is 10.8. The van der Waals surface area contributed by atoms with Crippen LogP contribution in [0, 0.1) is 6.92 Å². The molecule has 0 spiro atoms. The van der Waals surface area contributed by atoms with E-state index in [1.165, 1.54) is 18.7 Å². The molecule has 34 heavy (non-hydrogen) atoms. The second-order valence-electron chi connectivity index (χ2n) is 7.69. The third-order valence-electron chi connectivity index (χ3n) is 5.10. The molecule has 0 unspecified atom stereocenters. The van der Waals surface area contributed by atoms with Crippen LogP contribution in [0.5, 0.6) is 0 Å². The highest BCUT2D eigenvalue weighted by atomic mass is 32.2. The van der Waals surface area contributed by atoms with Crippen LogP contribution in [-0.4, -0.2) is 32.3 Å². The second-order valence-corrected chi connectivity index (χ2v) is 8.63. The van der Waals surface area contributed by atoms with Crippen LogP contribution in [0.4, 0.5) is 11.4 Å². The Kier molecular flexibility index (Phi) is 7.39. The molecule has 7 nitrogen and oxygen atoms in total. The molecule has 1 N–H and O–H groups in total. The number of amides is 2. The molecule has 0 aliphatic carbocycles. The lowest BCUT2D eigenvalue weighted by Crippen LogP contribution is -2.32. The van der Waals surface area contributed by atoms with E-state index in [0.29, 0.717) is 23.2 Å². The molecule has 1 heterocycles. The number of thioether (sulfide) groups is 1. The predicted molar refractivity (Wildman–Crippen MR) is 135 cm³/mol. The molecule has 0 fully saturated rings. The van der Waals surface area contributed by atoms with Crippen molar-refractivity contribution in [3.05, 3.63) is 96.3 Å². The van der Waals surface area contributed by atoms with Crippen molar-refractivity contribution in [2.24, 2.45) is 0 Å². The third kappa shape index (κ3) is 5.71. The Morgan fingerprint density at radius 3 is 2.35 bits per heavy atom. The number of nitrogens with one attached hydrogen (secondary N) is 1. The van der Waals surface area contributed by atoms with Crippen molar-refractivity contribution >= 4 is 35.0 Å². The zero-order chi connectivity index (χ0) is 23.9.